The van der Waals surface area contributed by atoms with E-state index in [-0.39, 0.29) is 37.0 Å². The summed E-state index contributed by atoms with van der Waals surface area (Å²) < 4.78 is 27.9. The van der Waals surface area contributed by atoms with Gasteiger partial charge in [-0.25, -0.2) is 18.6 Å². The summed E-state index contributed by atoms with van der Waals surface area (Å²) >= 11 is 2.71. The van der Waals surface area contributed by atoms with Crippen LogP contribution in [-0.2, 0) is 28.9 Å². The van der Waals surface area contributed by atoms with Crippen LogP contribution in [0.4, 0.5) is 8.78 Å². The maximum atomic E-state index is 13.9. The first-order valence-corrected chi connectivity index (χ1v) is 10.9. The number of ketones is 1. The van der Waals surface area contributed by atoms with Crippen molar-refractivity contribution in [3.8, 4) is 10.6 Å². The first kappa shape index (κ1) is 19.4. The lowest BCUT2D eigenvalue weighted by Crippen LogP contribution is -2.24. The standard InChI is InChI=1S/C20H19F2NO3S2/c1-10-9-27-18(23-10)17-13-5-6-20(21,22)8-16(13)28-15(17)7-14(24)11-3-2-4-12(11)19(25)26/h9H,2-8H2,1H3,(H,25,26). The molecule has 0 aromatic carbocycles. The number of carbonyl (C=O) groups is 2. The second-order valence-electron chi connectivity index (χ2n) is 7.34. The number of halogens is 2. The molecule has 8 heteroatoms. The van der Waals surface area contributed by atoms with Crippen molar-refractivity contribution in [2.75, 3.05) is 0 Å². The predicted molar refractivity (Wildman–Crippen MR) is 104 cm³/mol. The van der Waals surface area contributed by atoms with Crippen molar-refractivity contribution in [3.05, 3.63) is 37.5 Å². The number of alkyl halides is 2. The van der Waals surface area contributed by atoms with E-state index in [4.69, 9.17) is 0 Å². The first-order valence-electron chi connectivity index (χ1n) is 9.17. The van der Waals surface area contributed by atoms with E-state index < -0.39 is 11.9 Å². The highest BCUT2D eigenvalue weighted by molar-refractivity contribution is 7.15. The van der Waals surface area contributed by atoms with Crippen molar-refractivity contribution < 1.29 is 23.5 Å². The zero-order chi connectivity index (χ0) is 20.1. The molecule has 0 unspecified atom stereocenters. The Morgan fingerprint density at radius 3 is 2.68 bits per heavy atom. The molecule has 0 spiro atoms. The summed E-state index contributed by atoms with van der Waals surface area (Å²) in [5.74, 6) is -3.98. The second-order valence-corrected chi connectivity index (χ2v) is 9.39. The molecule has 4 rings (SSSR count). The minimum absolute atomic E-state index is 0.0450. The third kappa shape index (κ3) is 3.55. The topological polar surface area (TPSA) is 67.3 Å². The number of Topliss-reactive ketones (excluding diaryl/α,β-unsaturated/α-hetero) is 1. The van der Waals surface area contributed by atoms with Crippen LogP contribution in [0.3, 0.4) is 0 Å². The van der Waals surface area contributed by atoms with Crippen LogP contribution in [-0.4, -0.2) is 27.8 Å². The Hall–Kier alpha value is -1.93. The maximum Gasteiger partial charge on any atom is 0.331 e. The van der Waals surface area contributed by atoms with Crippen LogP contribution in [0.15, 0.2) is 16.5 Å². The van der Waals surface area contributed by atoms with E-state index in [9.17, 15) is 23.5 Å². The van der Waals surface area contributed by atoms with Gasteiger partial charge in [-0.1, -0.05) is 0 Å². The SMILES string of the molecule is Cc1csc(-c2c(CC(=O)C3=C(C(=O)O)CCC3)sc3c2CCC(F)(F)C3)n1. The fourth-order valence-corrected chi connectivity index (χ4v) is 6.38. The van der Waals surface area contributed by atoms with Crippen LogP contribution in [0.25, 0.3) is 10.6 Å². The predicted octanol–water partition coefficient (Wildman–Crippen LogP) is 4.98. The summed E-state index contributed by atoms with van der Waals surface area (Å²) in [7, 11) is 0. The smallest absolute Gasteiger partial charge is 0.331 e. The van der Waals surface area contributed by atoms with Crippen molar-refractivity contribution in [1.29, 1.82) is 0 Å². The number of thiazole rings is 1. The molecular formula is C20H19F2NO3S2. The number of carboxylic acid groups (broad SMARTS) is 1. The molecule has 0 amide bonds. The Morgan fingerprint density at radius 2 is 2.00 bits per heavy atom. The molecule has 2 aliphatic rings. The number of hydrogen-bond donors (Lipinski definition) is 1. The van der Waals surface area contributed by atoms with Crippen LogP contribution >= 0.6 is 22.7 Å². The van der Waals surface area contributed by atoms with Gasteiger partial charge in [0.25, 0.3) is 5.92 Å². The zero-order valence-corrected chi connectivity index (χ0v) is 16.9. The fraction of sp³-hybridized carbons (Fsp3) is 0.450. The van der Waals surface area contributed by atoms with Gasteiger partial charge in [0, 0.05) is 56.8 Å². The van der Waals surface area contributed by atoms with Crippen molar-refractivity contribution >= 4 is 34.4 Å². The molecule has 0 aliphatic heterocycles. The number of thiophene rings is 1. The fourth-order valence-electron chi connectivity index (χ4n) is 3.99. The van der Waals surface area contributed by atoms with Gasteiger partial charge in [0.1, 0.15) is 5.01 Å². The van der Waals surface area contributed by atoms with Crippen LogP contribution in [0.2, 0.25) is 0 Å². The van der Waals surface area contributed by atoms with E-state index in [1.165, 1.54) is 22.7 Å². The molecular weight excluding hydrogens is 404 g/mol. The number of carbonyl (C=O) groups excluding carboxylic acids is 1. The molecule has 0 bridgehead atoms. The number of aryl methyl sites for hydroxylation is 1. The molecule has 0 radical (unpaired) electrons. The van der Waals surface area contributed by atoms with Crippen LogP contribution in [0, 0.1) is 6.92 Å². The van der Waals surface area contributed by atoms with E-state index in [1.54, 1.807) is 0 Å². The molecule has 4 nitrogen and oxygen atoms in total. The van der Waals surface area contributed by atoms with Gasteiger partial charge in [0.15, 0.2) is 5.78 Å². The van der Waals surface area contributed by atoms with Crippen molar-refractivity contribution in [3.63, 3.8) is 0 Å². The summed E-state index contributed by atoms with van der Waals surface area (Å²) in [6.07, 6.45) is 1.34. The van der Waals surface area contributed by atoms with Gasteiger partial charge < -0.3 is 5.11 Å². The Bertz CT molecular complexity index is 1000. The number of fused-ring (bicyclic) bond motifs is 1. The van der Waals surface area contributed by atoms with E-state index in [2.05, 4.69) is 4.98 Å². The highest BCUT2D eigenvalue weighted by Gasteiger charge is 2.38. The van der Waals surface area contributed by atoms with Crippen LogP contribution in [0.1, 0.15) is 46.7 Å². The van der Waals surface area contributed by atoms with Gasteiger partial charge in [0.05, 0.1) is 0 Å². The first-order chi connectivity index (χ1) is 13.2. The summed E-state index contributed by atoms with van der Waals surface area (Å²) in [6.45, 7) is 1.88. The van der Waals surface area contributed by atoms with Crippen LogP contribution in [0.5, 0.6) is 0 Å². The molecule has 1 N–H and O–H groups in total. The number of aromatic nitrogens is 1. The number of aliphatic carboxylic acids is 1. The van der Waals surface area contributed by atoms with Gasteiger partial charge in [-0.05, 0) is 38.2 Å². The molecule has 0 atom stereocenters. The second kappa shape index (κ2) is 7.15. The molecule has 2 aromatic heterocycles. The van der Waals surface area contributed by atoms with Gasteiger partial charge in [-0.3, -0.25) is 4.79 Å². The number of carboxylic acids is 1. The Balaban J connectivity index is 1.75. The molecule has 148 valence electrons. The van der Waals surface area contributed by atoms with Gasteiger partial charge in [0.2, 0.25) is 0 Å². The maximum absolute atomic E-state index is 13.9. The average Bonchev–Trinajstić information content (AvgIpc) is 3.31. The number of allylic oxidation sites excluding steroid dienone is 1. The number of rotatable bonds is 5. The monoisotopic (exact) mass is 423 g/mol. The lowest BCUT2D eigenvalue weighted by Gasteiger charge is -2.22. The van der Waals surface area contributed by atoms with E-state index in [1.807, 2.05) is 12.3 Å². The number of nitrogens with zero attached hydrogens (tertiary/aromatic N) is 1. The van der Waals surface area contributed by atoms with Crippen molar-refractivity contribution in [2.24, 2.45) is 0 Å². The van der Waals surface area contributed by atoms with E-state index in [0.717, 1.165) is 26.7 Å². The van der Waals surface area contributed by atoms with Gasteiger partial charge >= 0.3 is 5.97 Å². The molecule has 0 saturated heterocycles. The van der Waals surface area contributed by atoms with E-state index >= 15 is 0 Å². The highest BCUT2D eigenvalue weighted by Crippen LogP contribution is 2.45. The number of hydrogen-bond acceptors (Lipinski definition) is 5. The van der Waals surface area contributed by atoms with Crippen LogP contribution < -0.4 is 0 Å². The summed E-state index contributed by atoms with van der Waals surface area (Å²) in [5, 5.41) is 12.0. The minimum Gasteiger partial charge on any atom is -0.478 e. The summed E-state index contributed by atoms with van der Waals surface area (Å²) in [4.78, 5) is 30.2. The van der Waals surface area contributed by atoms with Gasteiger partial charge in [-0.15, -0.1) is 22.7 Å². The molecule has 2 aromatic rings. The molecule has 0 fully saturated rings. The Labute approximate surface area is 168 Å². The molecule has 2 heterocycles. The van der Waals surface area contributed by atoms with Gasteiger partial charge in [-0.2, -0.15) is 0 Å². The summed E-state index contributed by atoms with van der Waals surface area (Å²) in [5.41, 5.74) is 3.13. The lowest BCUT2D eigenvalue weighted by molar-refractivity contribution is -0.133. The van der Waals surface area contributed by atoms with E-state index in [0.29, 0.717) is 29.7 Å². The zero-order valence-electron chi connectivity index (χ0n) is 15.3. The third-order valence-corrected chi connectivity index (χ3v) is 7.50. The normalized spacial score (nSPS) is 18.4. The minimum atomic E-state index is -2.72. The largest absolute Gasteiger partial charge is 0.478 e. The lowest BCUT2D eigenvalue weighted by atomic mass is 9.91. The highest BCUT2D eigenvalue weighted by atomic mass is 32.1. The Kier molecular flexibility index (Phi) is 4.95. The Morgan fingerprint density at radius 1 is 1.25 bits per heavy atom. The molecule has 0 saturated carbocycles. The molecule has 28 heavy (non-hydrogen) atoms. The third-order valence-electron chi connectivity index (χ3n) is 5.29. The molecule has 2 aliphatic carbocycles. The summed E-state index contributed by atoms with van der Waals surface area (Å²) in [6, 6.07) is 0. The van der Waals surface area contributed by atoms with Crippen molar-refractivity contribution in [2.45, 2.75) is 57.8 Å². The quantitative estimate of drug-likeness (QED) is 0.736. The average molecular weight is 424 g/mol. The van der Waals surface area contributed by atoms with Crippen molar-refractivity contribution in [1.82, 2.24) is 4.98 Å².